The zero-order valence-corrected chi connectivity index (χ0v) is 11.6. The van der Waals surface area contributed by atoms with Crippen LogP contribution in [0.25, 0.3) is 0 Å². The number of nitrogens with zero attached hydrogens (tertiary/aromatic N) is 3. The van der Waals surface area contributed by atoms with Crippen molar-refractivity contribution in [3.63, 3.8) is 0 Å². The van der Waals surface area contributed by atoms with Gasteiger partial charge < -0.3 is 4.74 Å². The molecule has 6 nitrogen and oxygen atoms in total. The molecule has 2 heterocycles. The second-order valence-corrected chi connectivity index (χ2v) is 6.65. The lowest BCUT2D eigenvalue weighted by atomic mass is 10.0. The molecule has 7 heteroatoms. The lowest BCUT2D eigenvalue weighted by Crippen LogP contribution is -2.35. The van der Waals surface area contributed by atoms with Crippen LogP contribution in [0.3, 0.4) is 0 Å². The van der Waals surface area contributed by atoms with Crippen LogP contribution in [-0.4, -0.2) is 49.3 Å². The first-order chi connectivity index (χ1) is 8.51. The number of hydrogen-bond acceptors (Lipinski definition) is 4. The first-order valence-electron chi connectivity index (χ1n) is 6.04. The first-order valence-corrected chi connectivity index (χ1v) is 7.48. The van der Waals surface area contributed by atoms with Gasteiger partial charge in [-0.05, 0) is 24.8 Å². The summed E-state index contributed by atoms with van der Waals surface area (Å²) in [6, 6.07) is 1.52. The Bertz CT molecular complexity index is 491. The van der Waals surface area contributed by atoms with Gasteiger partial charge in [0.25, 0.3) is 10.0 Å². The minimum Gasteiger partial charge on any atom is -0.381 e. The van der Waals surface area contributed by atoms with Crippen LogP contribution in [-0.2, 0) is 21.8 Å². The van der Waals surface area contributed by atoms with Crippen molar-refractivity contribution in [2.75, 3.05) is 26.8 Å². The minimum atomic E-state index is -3.45. The molecule has 0 spiro atoms. The van der Waals surface area contributed by atoms with Gasteiger partial charge in [-0.2, -0.15) is 9.40 Å². The highest BCUT2D eigenvalue weighted by atomic mass is 32.2. The van der Waals surface area contributed by atoms with Crippen LogP contribution < -0.4 is 0 Å². The molecule has 0 radical (unpaired) electrons. The van der Waals surface area contributed by atoms with Crippen molar-refractivity contribution in [2.24, 2.45) is 13.0 Å². The molecule has 1 aromatic rings. The Hall–Kier alpha value is -0.920. The van der Waals surface area contributed by atoms with E-state index in [2.05, 4.69) is 5.10 Å². The quantitative estimate of drug-likeness (QED) is 0.800. The Morgan fingerprint density at radius 2 is 2.39 bits per heavy atom. The molecule has 0 aliphatic carbocycles. The molecule has 0 N–H and O–H groups in total. The Kier molecular flexibility index (Phi) is 4.04. The van der Waals surface area contributed by atoms with E-state index >= 15 is 0 Å². The number of hydrogen-bond donors (Lipinski definition) is 0. The largest absolute Gasteiger partial charge is 0.381 e. The van der Waals surface area contributed by atoms with Gasteiger partial charge in [-0.15, -0.1) is 0 Å². The SMILES string of the molecule is CN(CC1CCCOC1)S(=O)(=O)c1ccnn1C. The van der Waals surface area contributed by atoms with E-state index in [1.54, 1.807) is 14.1 Å². The molecular formula is C11H19N3O3S. The summed E-state index contributed by atoms with van der Waals surface area (Å²) in [4.78, 5) is 0. The average molecular weight is 273 g/mol. The summed E-state index contributed by atoms with van der Waals surface area (Å²) in [6.07, 6.45) is 3.51. The van der Waals surface area contributed by atoms with Gasteiger partial charge in [0.05, 0.1) is 12.8 Å². The van der Waals surface area contributed by atoms with Crippen LogP contribution in [0.1, 0.15) is 12.8 Å². The van der Waals surface area contributed by atoms with E-state index in [1.165, 1.54) is 21.3 Å². The Labute approximate surface area is 108 Å². The van der Waals surface area contributed by atoms with Crippen molar-refractivity contribution in [3.05, 3.63) is 12.3 Å². The third-order valence-electron chi connectivity index (χ3n) is 3.22. The molecule has 1 saturated heterocycles. The maximum absolute atomic E-state index is 12.3. The topological polar surface area (TPSA) is 64.4 Å². The van der Waals surface area contributed by atoms with Gasteiger partial charge in [0.15, 0.2) is 5.03 Å². The molecule has 1 aliphatic heterocycles. The zero-order chi connectivity index (χ0) is 13.2. The molecular weight excluding hydrogens is 254 g/mol. The van der Waals surface area contributed by atoms with E-state index in [1.807, 2.05) is 0 Å². The van der Waals surface area contributed by atoms with Crippen LogP contribution >= 0.6 is 0 Å². The van der Waals surface area contributed by atoms with Gasteiger partial charge in [0, 0.05) is 27.2 Å². The van der Waals surface area contributed by atoms with Crippen LogP contribution in [0.2, 0.25) is 0 Å². The molecule has 1 aromatic heterocycles. The van der Waals surface area contributed by atoms with E-state index < -0.39 is 10.0 Å². The fourth-order valence-electron chi connectivity index (χ4n) is 2.19. The van der Waals surface area contributed by atoms with Crippen LogP contribution in [0.15, 0.2) is 17.3 Å². The van der Waals surface area contributed by atoms with Gasteiger partial charge in [0.1, 0.15) is 0 Å². The van der Waals surface area contributed by atoms with Gasteiger partial charge in [-0.25, -0.2) is 8.42 Å². The van der Waals surface area contributed by atoms with Crippen molar-refractivity contribution in [1.82, 2.24) is 14.1 Å². The highest BCUT2D eigenvalue weighted by Crippen LogP contribution is 2.19. The molecule has 102 valence electrons. The zero-order valence-electron chi connectivity index (χ0n) is 10.7. The standard InChI is InChI=1S/C11H19N3O3S/c1-13(8-10-4-3-7-17-9-10)18(15,16)11-5-6-12-14(11)2/h5-6,10H,3-4,7-9H2,1-2H3. The third kappa shape index (κ3) is 2.73. The maximum atomic E-state index is 12.3. The lowest BCUT2D eigenvalue weighted by Gasteiger charge is -2.26. The van der Waals surface area contributed by atoms with E-state index in [9.17, 15) is 8.42 Å². The highest BCUT2D eigenvalue weighted by Gasteiger charge is 2.27. The molecule has 0 bridgehead atoms. The average Bonchev–Trinajstić information content (AvgIpc) is 2.77. The van der Waals surface area contributed by atoms with E-state index in [-0.39, 0.29) is 10.9 Å². The molecule has 0 aromatic carbocycles. The van der Waals surface area contributed by atoms with Crippen LogP contribution in [0.5, 0.6) is 0 Å². The first kappa shape index (κ1) is 13.5. The van der Waals surface area contributed by atoms with Gasteiger partial charge in [0.2, 0.25) is 0 Å². The molecule has 1 aliphatic rings. The van der Waals surface area contributed by atoms with E-state index in [0.29, 0.717) is 13.2 Å². The third-order valence-corrected chi connectivity index (χ3v) is 5.12. The van der Waals surface area contributed by atoms with Crippen LogP contribution in [0, 0.1) is 5.92 Å². The Morgan fingerprint density at radius 1 is 1.61 bits per heavy atom. The highest BCUT2D eigenvalue weighted by molar-refractivity contribution is 7.89. The number of sulfonamides is 1. The van der Waals surface area contributed by atoms with E-state index in [0.717, 1.165) is 19.4 Å². The summed E-state index contributed by atoms with van der Waals surface area (Å²) < 4.78 is 32.8. The summed E-state index contributed by atoms with van der Waals surface area (Å²) in [5, 5.41) is 4.12. The summed E-state index contributed by atoms with van der Waals surface area (Å²) in [6.45, 7) is 1.92. The second-order valence-electron chi connectivity index (χ2n) is 4.66. The smallest absolute Gasteiger partial charge is 0.259 e. The van der Waals surface area contributed by atoms with Gasteiger partial charge in [-0.1, -0.05) is 0 Å². The summed E-state index contributed by atoms with van der Waals surface area (Å²) in [5.41, 5.74) is 0. The number of aryl methyl sites for hydroxylation is 1. The van der Waals surface area contributed by atoms with Crippen molar-refractivity contribution < 1.29 is 13.2 Å². The maximum Gasteiger partial charge on any atom is 0.259 e. The predicted octanol–water partition coefficient (Wildman–Crippen LogP) is 0.467. The number of ether oxygens (including phenoxy) is 1. The van der Waals surface area contributed by atoms with E-state index in [4.69, 9.17) is 4.74 Å². The Morgan fingerprint density at radius 3 is 2.94 bits per heavy atom. The minimum absolute atomic E-state index is 0.224. The van der Waals surface area contributed by atoms with Gasteiger partial charge >= 0.3 is 0 Å². The fraction of sp³-hybridized carbons (Fsp3) is 0.727. The summed E-state index contributed by atoms with van der Waals surface area (Å²) >= 11 is 0. The molecule has 0 saturated carbocycles. The lowest BCUT2D eigenvalue weighted by molar-refractivity contribution is 0.0495. The van der Waals surface area contributed by atoms with Crippen molar-refractivity contribution in [3.8, 4) is 0 Å². The van der Waals surface area contributed by atoms with Crippen LogP contribution in [0.4, 0.5) is 0 Å². The summed E-state index contributed by atoms with van der Waals surface area (Å²) in [5.74, 6) is 0.284. The van der Waals surface area contributed by atoms with Crippen molar-refractivity contribution in [1.29, 1.82) is 0 Å². The predicted molar refractivity (Wildman–Crippen MR) is 66.6 cm³/mol. The van der Waals surface area contributed by atoms with Crippen molar-refractivity contribution in [2.45, 2.75) is 17.9 Å². The molecule has 1 unspecified atom stereocenters. The molecule has 1 fully saturated rings. The number of aromatic nitrogens is 2. The van der Waals surface area contributed by atoms with Gasteiger partial charge in [-0.3, -0.25) is 4.68 Å². The number of rotatable bonds is 4. The van der Waals surface area contributed by atoms with Crippen molar-refractivity contribution >= 4 is 10.0 Å². The molecule has 1 atom stereocenters. The second kappa shape index (κ2) is 5.38. The monoisotopic (exact) mass is 273 g/mol. The Balaban J connectivity index is 2.08. The summed E-state index contributed by atoms with van der Waals surface area (Å²) in [7, 11) is -0.210. The molecule has 2 rings (SSSR count). The molecule has 0 amide bonds. The normalized spacial score (nSPS) is 21.4. The molecule has 18 heavy (non-hydrogen) atoms. The fourth-order valence-corrected chi connectivity index (χ4v) is 3.53.